The maximum absolute atomic E-state index is 10.3. The number of benzene rings is 1. The van der Waals surface area contributed by atoms with Crippen LogP contribution in [0, 0.1) is 5.92 Å². The molecule has 0 aliphatic rings. The summed E-state index contributed by atoms with van der Waals surface area (Å²) in [6.45, 7) is 8.10. The van der Waals surface area contributed by atoms with Crippen LogP contribution in [0.15, 0.2) is 30.3 Å². The van der Waals surface area contributed by atoms with Crippen molar-refractivity contribution in [2.75, 3.05) is 0 Å². The van der Waals surface area contributed by atoms with Crippen LogP contribution in [0.3, 0.4) is 0 Å². The van der Waals surface area contributed by atoms with Gasteiger partial charge in [-0.05, 0) is 18.4 Å². The molecule has 78 valence electrons. The highest BCUT2D eigenvalue weighted by atomic mass is 16.3. The fraction of sp³-hybridized carbons (Fsp3) is 0.538. The van der Waals surface area contributed by atoms with Gasteiger partial charge < -0.3 is 5.11 Å². The van der Waals surface area contributed by atoms with Crippen LogP contribution < -0.4 is 0 Å². The molecular formula is C13H20O. The van der Waals surface area contributed by atoms with Gasteiger partial charge in [-0.25, -0.2) is 0 Å². The average molecular weight is 192 g/mol. The number of hydrogen-bond donors (Lipinski definition) is 1. The van der Waals surface area contributed by atoms with E-state index in [1.165, 1.54) is 5.56 Å². The van der Waals surface area contributed by atoms with Gasteiger partial charge in [0.25, 0.3) is 0 Å². The SMILES string of the molecule is CC(C)C(C)(O)C(C)c1ccccc1. The molecule has 1 rings (SSSR count). The Balaban J connectivity index is 2.90. The quantitative estimate of drug-likeness (QED) is 0.779. The summed E-state index contributed by atoms with van der Waals surface area (Å²) in [5, 5.41) is 10.3. The molecule has 2 unspecified atom stereocenters. The Hall–Kier alpha value is -0.820. The second kappa shape index (κ2) is 4.14. The van der Waals surface area contributed by atoms with Gasteiger partial charge in [0, 0.05) is 5.92 Å². The monoisotopic (exact) mass is 192 g/mol. The number of aliphatic hydroxyl groups is 1. The molecule has 0 aromatic heterocycles. The summed E-state index contributed by atoms with van der Waals surface area (Å²) in [7, 11) is 0. The summed E-state index contributed by atoms with van der Waals surface area (Å²) in [5.74, 6) is 0.432. The van der Waals surface area contributed by atoms with E-state index in [4.69, 9.17) is 0 Å². The summed E-state index contributed by atoms with van der Waals surface area (Å²) in [5.41, 5.74) is 0.563. The molecule has 1 aromatic rings. The van der Waals surface area contributed by atoms with Crippen molar-refractivity contribution in [3.05, 3.63) is 35.9 Å². The lowest BCUT2D eigenvalue weighted by Crippen LogP contribution is -2.36. The fourth-order valence-electron chi connectivity index (χ4n) is 1.58. The molecule has 0 aliphatic heterocycles. The molecule has 1 nitrogen and oxygen atoms in total. The zero-order chi connectivity index (χ0) is 10.8. The lowest BCUT2D eigenvalue weighted by molar-refractivity contribution is -0.00824. The Morgan fingerprint density at radius 1 is 1.07 bits per heavy atom. The van der Waals surface area contributed by atoms with Crippen LogP contribution in [-0.4, -0.2) is 10.7 Å². The molecule has 0 bridgehead atoms. The zero-order valence-corrected chi connectivity index (χ0v) is 9.49. The van der Waals surface area contributed by atoms with Crippen molar-refractivity contribution in [3.8, 4) is 0 Å². The first-order valence-electron chi connectivity index (χ1n) is 5.23. The molecule has 1 N–H and O–H groups in total. The van der Waals surface area contributed by atoms with Crippen molar-refractivity contribution in [2.45, 2.75) is 39.2 Å². The normalized spacial score (nSPS) is 17.9. The first-order chi connectivity index (χ1) is 6.46. The van der Waals surface area contributed by atoms with Gasteiger partial charge in [0.1, 0.15) is 0 Å². The minimum absolute atomic E-state index is 0.170. The second-order valence-electron chi connectivity index (χ2n) is 4.51. The third kappa shape index (κ3) is 2.16. The van der Waals surface area contributed by atoms with E-state index >= 15 is 0 Å². The molecule has 0 spiro atoms. The topological polar surface area (TPSA) is 20.2 Å². The van der Waals surface area contributed by atoms with Gasteiger partial charge >= 0.3 is 0 Å². The largest absolute Gasteiger partial charge is 0.389 e. The van der Waals surface area contributed by atoms with E-state index in [9.17, 15) is 5.11 Å². The highest BCUT2D eigenvalue weighted by molar-refractivity contribution is 5.21. The summed E-state index contributed by atoms with van der Waals surface area (Å²) < 4.78 is 0. The second-order valence-corrected chi connectivity index (χ2v) is 4.51. The fourth-order valence-corrected chi connectivity index (χ4v) is 1.58. The Morgan fingerprint density at radius 2 is 1.57 bits per heavy atom. The molecule has 14 heavy (non-hydrogen) atoms. The van der Waals surface area contributed by atoms with E-state index in [0.29, 0.717) is 0 Å². The third-order valence-electron chi connectivity index (χ3n) is 3.35. The van der Waals surface area contributed by atoms with Crippen molar-refractivity contribution < 1.29 is 5.11 Å². The van der Waals surface area contributed by atoms with E-state index in [0.717, 1.165) is 0 Å². The van der Waals surface area contributed by atoms with E-state index in [-0.39, 0.29) is 11.8 Å². The molecule has 0 heterocycles. The Labute approximate surface area is 86.8 Å². The van der Waals surface area contributed by atoms with Crippen LogP contribution in [0.5, 0.6) is 0 Å². The number of rotatable bonds is 3. The van der Waals surface area contributed by atoms with Gasteiger partial charge in [-0.2, -0.15) is 0 Å². The van der Waals surface area contributed by atoms with Crippen LogP contribution in [-0.2, 0) is 0 Å². The minimum atomic E-state index is -0.638. The Kier molecular flexibility index (Phi) is 3.33. The van der Waals surface area contributed by atoms with Gasteiger partial charge in [-0.3, -0.25) is 0 Å². The van der Waals surface area contributed by atoms with Crippen LogP contribution in [0.1, 0.15) is 39.2 Å². The van der Waals surface area contributed by atoms with Gasteiger partial charge in [0.15, 0.2) is 0 Å². The predicted molar refractivity (Wildman–Crippen MR) is 60.3 cm³/mol. The molecule has 0 fully saturated rings. The van der Waals surface area contributed by atoms with Crippen molar-refractivity contribution in [1.29, 1.82) is 0 Å². The molecule has 1 aromatic carbocycles. The maximum atomic E-state index is 10.3. The third-order valence-corrected chi connectivity index (χ3v) is 3.35. The lowest BCUT2D eigenvalue weighted by Gasteiger charge is -2.34. The summed E-state index contributed by atoms with van der Waals surface area (Å²) >= 11 is 0. The van der Waals surface area contributed by atoms with Gasteiger partial charge in [-0.1, -0.05) is 51.1 Å². The van der Waals surface area contributed by atoms with E-state index in [1.54, 1.807) is 0 Å². The molecule has 1 heteroatoms. The molecule has 0 saturated carbocycles. The van der Waals surface area contributed by atoms with Crippen LogP contribution in [0.2, 0.25) is 0 Å². The Morgan fingerprint density at radius 3 is 2.00 bits per heavy atom. The molecule has 0 aliphatic carbocycles. The molecule has 0 radical (unpaired) electrons. The average Bonchev–Trinajstić information content (AvgIpc) is 2.17. The van der Waals surface area contributed by atoms with E-state index in [1.807, 2.05) is 25.1 Å². The van der Waals surface area contributed by atoms with Crippen LogP contribution >= 0.6 is 0 Å². The summed E-state index contributed by atoms with van der Waals surface area (Å²) in [6.07, 6.45) is 0. The first kappa shape index (κ1) is 11.3. The first-order valence-corrected chi connectivity index (χ1v) is 5.23. The summed E-state index contributed by atoms with van der Waals surface area (Å²) in [6, 6.07) is 10.2. The van der Waals surface area contributed by atoms with Crippen molar-refractivity contribution in [3.63, 3.8) is 0 Å². The van der Waals surface area contributed by atoms with Crippen molar-refractivity contribution >= 4 is 0 Å². The zero-order valence-electron chi connectivity index (χ0n) is 9.49. The van der Waals surface area contributed by atoms with Crippen molar-refractivity contribution in [2.24, 2.45) is 5.92 Å². The summed E-state index contributed by atoms with van der Waals surface area (Å²) in [4.78, 5) is 0. The van der Waals surface area contributed by atoms with Gasteiger partial charge in [-0.15, -0.1) is 0 Å². The van der Waals surface area contributed by atoms with Crippen LogP contribution in [0.4, 0.5) is 0 Å². The van der Waals surface area contributed by atoms with Crippen LogP contribution in [0.25, 0.3) is 0 Å². The number of hydrogen-bond acceptors (Lipinski definition) is 1. The van der Waals surface area contributed by atoms with Gasteiger partial charge in [0.2, 0.25) is 0 Å². The maximum Gasteiger partial charge on any atom is 0.0708 e. The lowest BCUT2D eigenvalue weighted by atomic mass is 9.77. The standard InChI is InChI=1S/C13H20O/c1-10(2)13(4,14)11(3)12-8-6-5-7-9-12/h5-11,14H,1-4H3. The van der Waals surface area contributed by atoms with Gasteiger partial charge in [0.05, 0.1) is 5.60 Å². The van der Waals surface area contributed by atoms with E-state index in [2.05, 4.69) is 32.9 Å². The predicted octanol–water partition coefficient (Wildman–Crippen LogP) is 3.20. The Bertz CT molecular complexity index is 275. The molecule has 0 amide bonds. The highest BCUT2D eigenvalue weighted by Crippen LogP contribution is 2.33. The molecule has 0 saturated heterocycles. The smallest absolute Gasteiger partial charge is 0.0708 e. The van der Waals surface area contributed by atoms with E-state index < -0.39 is 5.60 Å². The molecule has 2 atom stereocenters. The molecular weight excluding hydrogens is 172 g/mol. The minimum Gasteiger partial charge on any atom is -0.389 e. The highest BCUT2D eigenvalue weighted by Gasteiger charge is 2.32. The van der Waals surface area contributed by atoms with Crippen molar-refractivity contribution in [1.82, 2.24) is 0 Å².